The predicted octanol–water partition coefficient (Wildman–Crippen LogP) is 1.89. The molecular weight excluding hydrogens is 208 g/mol. The van der Waals surface area contributed by atoms with Crippen molar-refractivity contribution in [3.8, 4) is 11.5 Å². The van der Waals surface area contributed by atoms with Gasteiger partial charge in [-0.2, -0.15) is 0 Å². The van der Waals surface area contributed by atoms with Crippen LogP contribution in [0.25, 0.3) is 0 Å². The van der Waals surface area contributed by atoms with E-state index in [-0.39, 0.29) is 19.0 Å². The quantitative estimate of drug-likeness (QED) is 0.469. The highest BCUT2D eigenvalue weighted by Crippen LogP contribution is 2.17. The Hall–Kier alpha value is -1.97. The van der Waals surface area contributed by atoms with Gasteiger partial charge in [0.1, 0.15) is 24.7 Å². The lowest BCUT2D eigenvalue weighted by Gasteiger charge is -2.07. The highest BCUT2D eigenvalue weighted by Gasteiger charge is 2.02. The molecule has 0 aliphatic rings. The average molecular weight is 222 g/mol. The molecule has 0 amide bonds. The number of phenolic OH excluding ortho intramolecular Hbond substituents is 1. The van der Waals surface area contributed by atoms with Crippen LogP contribution in [0.2, 0.25) is 0 Å². The van der Waals surface area contributed by atoms with Crippen molar-refractivity contribution in [1.29, 1.82) is 0 Å². The first-order valence-corrected chi connectivity index (χ1v) is 4.84. The first kappa shape index (κ1) is 12.1. The zero-order valence-corrected chi connectivity index (χ0v) is 9.10. The summed E-state index contributed by atoms with van der Waals surface area (Å²) in [4.78, 5) is 11.0. The number of phenols is 1. The molecule has 0 aromatic heterocycles. The van der Waals surface area contributed by atoms with Crippen molar-refractivity contribution in [2.45, 2.75) is 6.92 Å². The van der Waals surface area contributed by atoms with E-state index in [0.29, 0.717) is 11.3 Å². The molecule has 0 radical (unpaired) electrons. The molecule has 1 aromatic rings. The van der Waals surface area contributed by atoms with Crippen LogP contribution >= 0.6 is 0 Å². The van der Waals surface area contributed by atoms with Crippen LogP contribution in [0.1, 0.15) is 6.92 Å². The average Bonchev–Trinajstić information content (AvgIpc) is 2.24. The molecule has 0 fully saturated rings. The minimum Gasteiger partial charge on any atom is -0.508 e. The first-order valence-electron chi connectivity index (χ1n) is 4.84. The fourth-order valence-electron chi connectivity index (χ4n) is 0.990. The molecule has 0 bridgehead atoms. The maximum Gasteiger partial charge on any atom is 0.333 e. The van der Waals surface area contributed by atoms with Gasteiger partial charge >= 0.3 is 5.97 Å². The molecule has 86 valence electrons. The number of carbonyl (C=O) groups is 1. The van der Waals surface area contributed by atoms with Crippen LogP contribution in [0.4, 0.5) is 0 Å². The number of rotatable bonds is 5. The van der Waals surface area contributed by atoms with E-state index in [2.05, 4.69) is 6.58 Å². The molecular formula is C12H14O4. The van der Waals surface area contributed by atoms with E-state index in [0.717, 1.165) is 0 Å². The molecule has 1 rings (SSSR count). The van der Waals surface area contributed by atoms with Gasteiger partial charge in [0.05, 0.1) is 0 Å². The Kier molecular flexibility index (Phi) is 4.39. The second kappa shape index (κ2) is 5.80. The van der Waals surface area contributed by atoms with Crippen molar-refractivity contribution >= 4 is 5.97 Å². The van der Waals surface area contributed by atoms with Crippen molar-refractivity contribution in [3.63, 3.8) is 0 Å². The van der Waals surface area contributed by atoms with Gasteiger partial charge in [0.2, 0.25) is 0 Å². The van der Waals surface area contributed by atoms with E-state index >= 15 is 0 Å². The van der Waals surface area contributed by atoms with E-state index in [1.165, 1.54) is 6.07 Å². The number of carbonyl (C=O) groups excluding carboxylic acids is 1. The van der Waals surface area contributed by atoms with Crippen LogP contribution in [0.5, 0.6) is 11.5 Å². The fourth-order valence-corrected chi connectivity index (χ4v) is 0.990. The topological polar surface area (TPSA) is 55.8 Å². The molecule has 0 saturated carbocycles. The van der Waals surface area contributed by atoms with Crippen molar-refractivity contribution in [3.05, 3.63) is 36.4 Å². The number of hydrogen-bond donors (Lipinski definition) is 1. The Labute approximate surface area is 94.1 Å². The summed E-state index contributed by atoms with van der Waals surface area (Å²) in [5.74, 6) is 0.238. The normalized spacial score (nSPS) is 9.56. The fraction of sp³-hybridized carbons (Fsp3) is 0.250. The second-order valence-corrected chi connectivity index (χ2v) is 3.26. The summed E-state index contributed by atoms with van der Waals surface area (Å²) in [5, 5.41) is 9.15. The molecule has 4 nitrogen and oxygen atoms in total. The highest BCUT2D eigenvalue weighted by molar-refractivity contribution is 5.86. The Balaban J connectivity index is 2.26. The minimum atomic E-state index is -0.431. The van der Waals surface area contributed by atoms with Crippen molar-refractivity contribution in [1.82, 2.24) is 0 Å². The maximum atomic E-state index is 11.0. The lowest BCUT2D eigenvalue weighted by atomic mass is 10.3. The lowest BCUT2D eigenvalue weighted by Crippen LogP contribution is -2.12. The van der Waals surface area contributed by atoms with E-state index in [4.69, 9.17) is 14.6 Å². The maximum absolute atomic E-state index is 11.0. The van der Waals surface area contributed by atoms with Gasteiger partial charge in [-0.15, -0.1) is 0 Å². The van der Waals surface area contributed by atoms with Gasteiger partial charge in [-0.3, -0.25) is 0 Å². The SMILES string of the molecule is C=C(C)C(=O)OCCOc1cccc(O)c1. The standard InChI is InChI=1S/C12H14O4/c1-9(2)12(14)16-7-6-15-11-5-3-4-10(13)8-11/h3-5,8,13H,1,6-7H2,2H3. The van der Waals surface area contributed by atoms with Crippen molar-refractivity contribution in [2.75, 3.05) is 13.2 Å². The Bertz CT molecular complexity index is 384. The summed E-state index contributed by atoms with van der Waals surface area (Å²) in [6.45, 7) is 5.43. The molecule has 0 aliphatic carbocycles. The van der Waals surface area contributed by atoms with E-state index < -0.39 is 5.97 Å². The van der Waals surface area contributed by atoms with Crippen LogP contribution in [0.3, 0.4) is 0 Å². The number of esters is 1. The third-order valence-electron chi connectivity index (χ3n) is 1.75. The van der Waals surface area contributed by atoms with Gasteiger partial charge in [0, 0.05) is 11.6 Å². The van der Waals surface area contributed by atoms with Crippen molar-refractivity contribution < 1.29 is 19.4 Å². The molecule has 1 aromatic carbocycles. The number of benzene rings is 1. The smallest absolute Gasteiger partial charge is 0.333 e. The lowest BCUT2D eigenvalue weighted by molar-refractivity contribution is -0.139. The Morgan fingerprint density at radius 2 is 2.19 bits per heavy atom. The summed E-state index contributed by atoms with van der Waals surface area (Å²) < 4.78 is 10.1. The molecule has 16 heavy (non-hydrogen) atoms. The second-order valence-electron chi connectivity index (χ2n) is 3.26. The van der Waals surface area contributed by atoms with E-state index in [1.807, 2.05) is 0 Å². The first-order chi connectivity index (χ1) is 7.59. The number of hydrogen-bond acceptors (Lipinski definition) is 4. The van der Waals surface area contributed by atoms with Crippen LogP contribution < -0.4 is 4.74 Å². The molecule has 4 heteroatoms. The summed E-state index contributed by atoms with van der Waals surface area (Å²) in [5.41, 5.74) is 0.359. The number of aromatic hydroxyl groups is 1. The van der Waals surface area contributed by atoms with Crippen LogP contribution in [0, 0.1) is 0 Å². The number of ether oxygens (including phenoxy) is 2. The molecule has 0 atom stereocenters. The molecule has 0 heterocycles. The summed E-state index contributed by atoms with van der Waals surface area (Å²) in [6.07, 6.45) is 0. The Morgan fingerprint density at radius 1 is 1.44 bits per heavy atom. The highest BCUT2D eigenvalue weighted by atomic mass is 16.6. The van der Waals surface area contributed by atoms with Gasteiger partial charge in [-0.25, -0.2) is 4.79 Å². The summed E-state index contributed by atoms with van der Waals surface area (Å²) in [6, 6.07) is 6.42. The molecule has 0 saturated heterocycles. The van der Waals surface area contributed by atoms with E-state index in [1.54, 1.807) is 25.1 Å². The van der Waals surface area contributed by atoms with Crippen LogP contribution in [0.15, 0.2) is 36.4 Å². The molecule has 0 aliphatic heterocycles. The summed E-state index contributed by atoms with van der Waals surface area (Å²) in [7, 11) is 0. The van der Waals surface area contributed by atoms with Gasteiger partial charge < -0.3 is 14.6 Å². The third kappa shape index (κ3) is 4.04. The van der Waals surface area contributed by atoms with Crippen LogP contribution in [-0.2, 0) is 9.53 Å². The predicted molar refractivity (Wildman–Crippen MR) is 59.4 cm³/mol. The Morgan fingerprint density at radius 3 is 2.81 bits per heavy atom. The molecule has 0 unspecified atom stereocenters. The summed E-state index contributed by atoms with van der Waals surface area (Å²) >= 11 is 0. The molecule has 0 spiro atoms. The third-order valence-corrected chi connectivity index (χ3v) is 1.75. The molecule has 1 N–H and O–H groups in total. The van der Waals surface area contributed by atoms with Gasteiger partial charge in [0.15, 0.2) is 0 Å². The van der Waals surface area contributed by atoms with E-state index in [9.17, 15) is 4.79 Å². The van der Waals surface area contributed by atoms with Gasteiger partial charge in [0.25, 0.3) is 0 Å². The largest absolute Gasteiger partial charge is 0.508 e. The zero-order chi connectivity index (χ0) is 12.0. The van der Waals surface area contributed by atoms with Gasteiger partial charge in [-0.05, 0) is 19.1 Å². The zero-order valence-electron chi connectivity index (χ0n) is 9.10. The van der Waals surface area contributed by atoms with Gasteiger partial charge in [-0.1, -0.05) is 12.6 Å². The minimum absolute atomic E-state index is 0.136. The van der Waals surface area contributed by atoms with Crippen LogP contribution in [-0.4, -0.2) is 24.3 Å². The monoisotopic (exact) mass is 222 g/mol. The van der Waals surface area contributed by atoms with Crippen molar-refractivity contribution in [2.24, 2.45) is 0 Å².